The summed E-state index contributed by atoms with van der Waals surface area (Å²) in [4.78, 5) is 26.1. The van der Waals surface area contributed by atoms with Crippen molar-refractivity contribution in [3.8, 4) is 0 Å². The quantitative estimate of drug-likeness (QED) is 0.713. The Morgan fingerprint density at radius 1 is 0.833 bits per heavy atom. The fourth-order valence-electron chi connectivity index (χ4n) is 3.55. The molecule has 0 atom stereocenters. The zero-order valence-corrected chi connectivity index (χ0v) is 17.7. The van der Waals surface area contributed by atoms with Crippen molar-refractivity contribution < 1.29 is 4.79 Å². The Hall–Kier alpha value is -3.41. The highest BCUT2D eigenvalue weighted by Gasteiger charge is 2.23. The maximum absolute atomic E-state index is 12.8. The molecule has 0 saturated carbocycles. The SMILES string of the molecule is Cc1ccc(Nc2nc(C)cc(N3CCN(C(=O)c4ccc(C)cc4)CC3)n2)cc1. The van der Waals surface area contributed by atoms with Gasteiger partial charge in [-0.2, -0.15) is 4.98 Å². The van der Waals surface area contributed by atoms with Gasteiger partial charge in [0.15, 0.2) is 0 Å². The zero-order valence-electron chi connectivity index (χ0n) is 17.7. The van der Waals surface area contributed by atoms with Crippen LogP contribution in [0, 0.1) is 20.8 Å². The van der Waals surface area contributed by atoms with Crippen LogP contribution in [-0.4, -0.2) is 47.0 Å². The molecule has 6 heteroatoms. The van der Waals surface area contributed by atoms with Crippen LogP contribution in [0.15, 0.2) is 54.6 Å². The Morgan fingerprint density at radius 3 is 2.07 bits per heavy atom. The van der Waals surface area contributed by atoms with Gasteiger partial charge in [0, 0.05) is 49.2 Å². The number of nitrogens with one attached hydrogen (secondary N) is 1. The monoisotopic (exact) mass is 401 g/mol. The highest BCUT2D eigenvalue weighted by atomic mass is 16.2. The average Bonchev–Trinajstić information content (AvgIpc) is 2.75. The average molecular weight is 402 g/mol. The lowest BCUT2D eigenvalue weighted by atomic mass is 10.1. The zero-order chi connectivity index (χ0) is 21.1. The molecule has 0 unspecified atom stereocenters. The van der Waals surface area contributed by atoms with Crippen LogP contribution in [0.5, 0.6) is 0 Å². The highest BCUT2D eigenvalue weighted by molar-refractivity contribution is 5.94. The van der Waals surface area contributed by atoms with E-state index in [0.717, 1.165) is 41.4 Å². The molecule has 2 heterocycles. The lowest BCUT2D eigenvalue weighted by Gasteiger charge is -2.35. The molecule has 154 valence electrons. The summed E-state index contributed by atoms with van der Waals surface area (Å²) in [5.74, 6) is 1.57. The summed E-state index contributed by atoms with van der Waals surface area (Å²) in [6, 6.07) is 17.9. The number of piperazine rings is 1. The van der Waals surface area contributed by atoms with Crippen LogP contribution in [-0.2, 0) is 0 Å². The van der Waals surface area contributed by atoms with Crippen molar-refractivity contribution >= 4 is 23.4 Å². The number of aryl methyl sites for hydroxylation is 3. The van der Waals surface area contributed by atoms with Crippen LogP contribution in [0.3, 0.4) is 0 Å². The Bertz CT molecular complexity index is 1020. The third-order valence-electron chi connectivity index (χ3n) is 5.34. The minimum absolute atomic E-state index is 0.0928. The van der Waals surface area contributed by atoms with Crippen molar-refractivity contribution in [3.05, 3.63) is 77.0 Å². The number of aromatic nitrogens is 2. The van der Waals surface area contributed by atoms with Crippen molar-refractivity contribution in [1.29, 1.82) is 0 Å². The van der Waals surface area contributed by atoms with Gasteiger partial charge in [-0.3, -0.25) is 4.79 Å². The van der Waals surface area contributed by atoms with Crippen LogP contribution < -0.4 is 10.2 Å². The summed E-state index contributed by atoms with van der Waals surface area (Å²) < 4.78 is 0. The number of hydrogen-bond acceptors (Lipinski definition) is 5. The van der Waals surface area contributed by atoms with Gasteiger partial charge in [-0.15, -0.1) is 0 Å². The van der Waals surface area contributed by atoms with Gasteiger partial charge >= 0.3 is 0 Å². The predicted octanol–water partition coefficient (Wildman–Crippen LogP) is 4.11. The number of amides is 1. The molecule has 0 bridgehead atoms. The molecular weight excluding hydrogens is 374 g/mol. The molecule has 1 fully saturated rings. The van der Waals surface area contributed by atoms with Gasteiger partial charge in [0.25, 0.3) is 5.91 Å². The minimum Gasteiger partial charge on any atom is -0.353 e. The van der Waals surface area contributed by atoms with E-state index in [1.54, 1.807) is 0 Å². The number of rotatable bonds is 4. The van der Waals surface area contributed by atoms with E-state index in [2.05, 4.69) is 34.3 Å². The van der Waals surface area contributed by atoms with Crippen molar-refractivity contribution in [1.82, 2.24) is 14.9 Å². The van der Waals surface area contributed by atoms with E-state index >= 15 is 0 Å². The fourth-order valence-corrected chi connectivity index (χ4v) is 3.55. The Morgan fingerprint density at radius 2 is 1.43 bits per heavy atom. The van der Waals surface area contributed by atoms with Crippen LogP contribution in [0.4, 0.5) is 17.5 Å². The van der Waals surface area contributed by atoms with Gasteiger partial charge in [0.2, 0.25) is 5.95 Å². The molecule has 0 spiro atoms. The third kappa shape index (κ3) is 4.59. The highest BCUT2D eigenvalue weighted by Crippen LogP contribution is 2.20. The first-order valence-electron chi connectivity index (χ1n) is 10.3. The summed E-state index contributed by atoms with van der Waals surface area (Å²) in [5, 5.41) is 3.29. The van der Waals surface area contributed by atoms with Crippen LogP contribution in [0.2, 0.25) is 0 Å². The number of hydrogen-bond donors (Lipinski definition) is 1. The Balaban J connectivity index is 1.42. The van der Waals surface area contributed by atoms with E-state index in [9.17, 15) is 4.79 Å². The number of carbonyl (C=O) groups is 1. The molecule has 1 aliphatic heterocycles. The Kier molecular flexibility index (Phi) is 5.65. The molecule has 0 aliphatic carbocycles. The second-order valence-corrected chi connectivity index (χ2v) is 7.83. The summed E-state index contributed by atoms with van der Waals surface area (Å²) in [6.07, 6.45) is 0. The minimum atomic E-state index is 0.0928. The van der Waals surface area contributed by atoms with E-state index in [1.807, 2.05) is 61.2 Å². The molecule has 6 nitrogen and oxygen atoms in total. The van der Waals surface area contributed by atoms with Gasteiger partial charge in [0.05, 0.1) is 0 Å². The molecule has 1 saturated heterocycles. The number of carbonyl (C=O) groups excluding carboxylic acids is 1. The summed E-state index contributed by atoms with van der Waals surface area (Å²) in [6.45, 7) is 8.92. The number of nitrogens with zero attached hydrogens (tertiary/aromatic N) is 4. The molecular formula is C24H27N5O. The molecule has 1 amide bonds. The molecule has 4 rings (SSSR count). The van der Waals surface area contributed by atoms with Crippen molar-refractivity contribution in [2.45, 2.75) is 20.8 Å². The lowest BCUT2D eigenvalue weighted by Crippen LogP contribution is -2.49. The fraction of sp³-hybridized carbons (Fsp3) is 0.292. The van der Waals surface area contributed by atoms with Gasteiger partial charge in [-0.1, -0.05) is 35.4 Å². The second-order valence-electron chi connectivity index (χ2n) is 7.83. The van der Waals surface area contributed by atoms with Gasteiger partial charge < -0.3 is 15.1 Å². The Labute approximate surface area is 177 Å². The summed E-state index contributed by atoms with van der Waals surface area (Å²) in [5.41, 5.74) is 4.99. The first-order chi connectivity index (χ1) is 14.5. The first kappa shape index (κ1) is 19.9. The molecule has 30 heavy (non-hydrogen) atoms. The molecule has 1 aromatic heterocycles. The summed E-state index contributed by atoms with van der Waals surface area (Å²) in [7, 11) is 0. The van der Waals surface area contributed by atoms with E-state index in [0.29, 0.717) is 19.0 Å². The van der Waals surface area contributed by atoms with Crippen LogP contribution >= 0.6 is 0 Å². The second kappa shape index (κ2) is 8.53. The molecule has 0 radical (unpaired) electrons. The van der Waals surface area contributed by atoms with Crippen molar-refractivity contribution in [2.75, 3.05) is 36.4 Å². The third-order valence-corrected chi connectivity index (χ3v) is 5.34. The number of anilines is 3. The van der Waals surface area contributed by atoms with Crippen molar-refractivity contribution in [2.24, 2.45) is 0 Å². The summed E-state index contributed by atoms with van der Waals surface area (Å²) >= 11 is 0. The van der Waals surface area contributed by atoms with Crippen LogP contribution in [0.1, 0.15) is 27.2 Å². The lowest BCUT2D eigenvalue weighted by molar-refractivity contribution is 0.0746. The largest absolute Gasteiger partial charge is 0.353 e. The normalized spacial score (nSPS) is 14.0. The number of benzene rings is 2. The molecule has 3 aromatic rings. The van der Waals surface area contributed by atoms with Crippen LogP contribution in [0.25, 0.3) is 0 Å². The molecule has 1 N–H and O–H groups in total. The molecule has 1 aliphatic rings. The van der Waals surface area contributed by atoms with E-state index in [1.165, 1.54) is 5.56 Å². The van der Waals surface area contributed by atoms with Gasteiger partial charge in [0.1, 0.15) is 5.82 Å². The maximum Gasteiger partial charge on any atom is 0.253 e. The van der Waals surface area contributed by atoms with E-state index < -0.39 is 0 Å². The predicted molar refractivity (Wildman–Crippen MR) is 121 cm³/mol. The van der Waals surface area contributed by atoms with E-state index in [-0.39, 0.29) is 5.91 Å². The smallest absolute Gasteiger partial charge is 0.253 e. The van der Waals surface area contributed by atoms with Gasteiger partial charge in [-0.05, 0) is 45.0 Å². The standard InChI is InChI=1S/C24H27N5O/c1-17-4-8-20(9-5-17)23(30)29-14-12-28(13-15-29)22-16-19(3)25-24(27-22)26-21-10-6-18(2)7-11-21/h4-11,16H,12-15H2,1-3H3,(H,25,26,27). The van der Waals surface area contributed by atoms with Crippen molar-refractivity contribution in [3.63, 3.8) is 0 Å². The van der Waals surface area contributed by atoms with E-state index in [4.69, 9.17) is 4.98 Å². The maximum atomic E-state index is 12.8. The first-order valence-corrected chi connectivity index (χ1v) is 10.3. The van der Waals surface area contributed by atoms with Gasteiger partial charge in [-0.25, -0.2) is 4.98 Å². The molecule has 2 aromatic carbocycles. The topological polar surface area (TPSA) is 61.4 Å².